The van der Waals surface area contributed by atoms with E-state index in [9.17, 15) is 8.42 Å². The van der Waals surface area contributed by atoms with Gasteiger partial charge in [-0.3, -0.25) is 0 Å². The Morgan fingerprint density at radius 2 is 2.41 bits per heavy atom. The summed E-state index contributed by atoms with van der Waals surface area (Å²) in [5, 5.41) is 3.09. The van der Waals surface area contributed by atoms with Crippen LogP contribution in [-0.2, 0) is 16.3 Å². The van der Waals surface area contributed by atoms with Crippen molar-refractivity contribution in [3.8, 4) is 0 Å². The maximum absolute atomic E-state index is 11.6. The number of nitrogens with one attached hydrogen (secondary N) is 1. The summed E-state index contributed by atoms with van der Waals surface area (Å²) in [6.07, 6.45) is 4.05. The van der Waals surface area contributed by atoms with E-state index in [0.717, 1.165) is 25.0 Å². The summed E-state index contributed by atoms with van der Waals surface area (Å²) in [7, 11) is -2.83. The van der Waals surface area contributed by atoms with Crippen molar-refractivity contribution in [2.24, 2.45) is 0 Å². The van der Waals surface area contributed by atoms with Crippen LogP contribution in [0.15, 0.2) is 22.8 Å². The van der Waals surface area contributed by atoms with Crippen LogP contribution >= 0.6 is 0 Å². The second kappa shape index (κ2) is 5.23. The van der Waals surface area contributed by atoms with E-state index in [2.05, 4.69) is 5.32 Å². The molecule has 0 amide bonds. The first-order valence-corrected chi connectivity index (χ1v) is 7.77. The van der Waals surface area contributed by atoms with Gasteiger partial charge in [-0.15, -0.1) is 0 Å². The molecule has 1 fully saturated rings. The highest BCUT2D eigenvalue weighted by molar-refractivity contribution is 7.92. The summed E-state index contributed by atoms with van der Waals surface area (Å²) in [5.74, 6) is 1.28. The van der Waals surface area contributed by atoms with Crippen molar-refractivity contribution in [2.75, 3.05) is 12.3 Å². The first-order chi connectivity index (χ1) is 8.08. The van der Waals surface area contributed by atoms with Crippen LogP contribution in [0.4, 0.5) is 0 Å². The molecular formula is C12H19NO3S. The SMILES string of the molecule is CC(Cc1ccco1)NCC1CCCS1(=O)=O. The lowest BCUT2D eigenvalue weighted by Gasteiger charge is -2.15. The fourth-order valence-corrected chi connectivity index (χ4v) is 4.00. The predicted molar refractivity (Wildman–Crippen MR) is 66.7 cm³/mol. The summed E-state index contributed by atoms with van der Waals surface area (Å²) >= 11 is 0. The number of rotatable bonds is 5. The first kappa shape index (κ1) is 12.6. The van der Waals surface area contributed by atoms with Crippen molar-refractivity contribution in [3.63, 3.8) is 0 Å². The molecule has 0 aliphatic carbocycles. The quantitative estimate of drug-likeness (QED) is 0.865. The Kier molecular flexibility index (Phi) is 3.89. The van der Waals surface area contributed by atoms with E-state index < -0.39 is 9.84 Å². The molecule has 0 aromatic carbocycles. The Bertz CT molecular complexity index is 438. The third-order valence-electron chi connectivity index (χ3n) is 3.24. The minimum Gasteiger partial charge on any atom is -0.469 e. The van der Waals surface area contributed by atoms with Crippen LogP contribution in [0.2, 0.25) is 0 Å². The van der Waals surface area contributed by atoms with Gasteiger partial charge in [-0.05, 0) is 31.9 Å². The first-order valence-electron chi connectivity index (χ1n) is 6.05. The molecule has 4 nitrogen and oxygen atoms in total. The largest absolute Gasteiger partial charge is 0.469 e. The molecular weight excluding hydrogens is 238 g/mol. The maximum atomic E-state index is 11.6. The van der Waals surface area contributed by atoms with E-state index in [1.807, 2.05) is 19.1 Å². The monoisotopic (exact) mass is 257 g/mol. The Labute approximate surface area is 102 Å². The molecule has 2 heterocycles. The van der Waals surface area contributed by atoms with E-state index >= 15 is 0 Å². The zero-order chi connectivity index (χ0) is 12.3. The van der Waals surface area contributed by atoms with Gasteiger partial charge in [-0.2, -0.15) is 0 Å². The Balaban J connectivity index is 1.78. The van der Waals surface area contributed by atoms with Crippen LogP contribution in [0, 0.1) is 0 Å². The van der Waals surface area contributed by atoms with E-state index in [1.54, 1.807) is 6.26 Å². The minimum absolute atomic E-state index is 0.193. The molecule has 1 saturated heterocycles. The van der Waals surface area contributed by atoms with Gasteiger partial charge in [0.05, 0.1) is 17.3 Å². The molecule has 1 aromatic rings. The van der Waals surface area contributed by atoms with Crippen LogP contribution in [0.25, 0.3) is 0 Å². The van der Waals surface area contributed by atoms with Crippen molar-refractivity contribution in [1.29, 1.82) is 0 Å². The van der Waals surface area contributed by atoms with Gasteiger partial charge in [-0.25, -0.2) is 8.42 Å². The van der Waals surface area contributed by atoms with Gasteiger partial charge in [0.15, 0.2) is 9.84 Å². The average molecular weight is 257 g/mol. The third kappa shape index (κ3) is 3.33. The molecule has 0 saturated carbocycles. The van der Waals surface area contributed by atoms with Crippen LogP contribution in [0.3, 0.4) is 0 Å². The highest BCUT2D eigenvalue weighted by atomic mass is 32.2. The average Bonchev–Trinajstić information content (AvgIpc) is 2.85. The zero-order valence-electron chi connectivity index (χ0n) is 10.1. The molecule has 2 atom stereocenters. The number of hydrogen-bond acceptors (Lipinski definition) is 4. The van der Waals surface area contributed by atoms with Gasteiger partial charge in [0.25, 0.3) is 0 Å². The molecule has 17 heavy (non-hydrogen) atoms. The Hall–Kier alpha value is -0.810. The van der Waals surface area contributed by atoms with Gasteiger partial charge in [-0.1, -0.05) is 0 Å². The van der Waals surface area contributed by atoms with Crippen molar-refractivity contribution in [1.82, 2.24) is 5.32 Å². The van der Waals surface area contributed by atoms with Crippen LogP contribution in [0.5, 0.6) is 0 Å². The molecule has 2 rings (SSSR count). The topological polar surface area (TPSA) is 59.3 Å². The van der Waals surface area contributed by atoms with Gasteiger partial charge >= 0.3 is 0 Å². The molecule has 2 unspecified atom stereocenters. The van der Waals surface area contributed by atoms with Crippen molar-refractivity contribution < 1.29 is 12.8 Å². The molecule has 0 spiro atoms. The van der Waals surface area contributed by atoms with Crippen molar-refractivity contribution in [2.45, 2.75) is 37.5 Å². The summed E-state index contributed by atoms with van der Waals surface area (Å²) in [5.41, 5.74) is 0. The maximum Gasteiger partial charge on any atom is 0.154 e. The minimum atomic E-state index is -2.83. The Morgan fingerprint density at radius 1 is 1.59 bits per heavy atom. The highest BCUT2D eigenvalue weighted by Gasteiger charge is 2.30. The van der Waals surface area contributed by atoms with Crippen LogP contribution < -0.4 is 5.32 Å². The fourth-order valence-electron chi connectivity index (χ4n) is 2.22. The van der Waals surface area contributed by atoms with Gasteiger partial charge in [0, 0.05) is 19.0 Å². The molecule has 0 radical (unpaired) electrons. The van der Waals surface area contributed by atoms with E-state index in [4.69, 9.17) is 4.42 Å². The normalized spacial score (nSPS) is 24.9. The zero-order valence-corrected chi connectivity index (χ0v) is 10.9. The standard InChI is InChI=1S/C12H19NO3S/c1-10(8-11-4-2-6-16-11)13-9-12-5-3-7-17(12,14)15/h2,4,6,10,12-13H,3,5,7-9H2,1H3. The molecule has 0 bridgehead atoms. The van der Waals surface area contributed by atoms with E-state index in [1.165, 1.54) is 0 Å². The lowest BCUT2D eigenvalue weighted by atomic mass is 10.2. The summed E-state index contributed by atoms with van der Waals surface area (Å²) in [6.45, 7) is 2.61. The molecule has 1 aromatic heterocycles. The summed E-state index contributed by atoms with van der Waals surface area (Å²) < 4.78 is 28.5. The van der Waals surface area contributed by atoms with Crippen molar-refractivity contribution >= 4 is 9.84 Å². The van der Waals surface area contributed by atoms with E-state index in [0.29, 0.717) is 12.3 Å². The predicted octanol–water partition coefficient (Wildman–Crippen LogP) is 1.38. The summed E-state index contributed by atoms with van der Waals surface area (Å²) in [6, 6.07) is 4.03. The smallest absolute Gasteiger partial charge is 0.154 e. The third-order valence-corrected chi connectivity index (χ3v) is 5.52. The molecule has 5 heteroatoms. The van der Waals surface area contributed by atoms with E-state index in [-0.39, 0.29) is 11.3 Å². The lowest BCUT2D eigenvalue weighted by molar-refractivity contribution is 0.453. The van der Waals surface area contributed by atoms with Gasteiger partial charge < -0.3 is 9.73 Å². The Morgan fingerprint density at radius 3 is 3.00 bits per heavy atom. The fraction of sp³-hybridized carbons (Fsp3) is 0.667. The molecule has 96 valence electrons. The second-order valence-electron chi connectivity index (χ2n) is 4.72. The number of hydrogen-bond donors (Lipinski definition) is 1. The van der Waals surface area contributed by atoms with Crippen LogP contribution in [-0.4, -0.2) is 32.0 Å². The van der Waals surface area contributed by atoms with Gasteiger partial charge in [0.1, 0.15) is 5.76 Å². The lowest BCUT2D eigenvalue weighted by Crippen LogP contribution is -2.36. The summed E-state index contributed by atoms with van der Waals surface area (Å²) in [4.78, 5) is 0. The second-order valence-corrected chi connectivity index (χ2v) is 7.12. The van der Waals surface area contributed by atoms with Crippen molar-refractivity contribution in [3.05, 3.63) is 24.2 Å². The molecule has 1 aliphatic heterocycles. The number of furan rings is 1. The molecule has 1 aliphatic rings. The highest BCUT2D eigenvalue weighted by Crippen LogP contribution is 2.19. The van der Waals surface area contributed by atoms with Crippen LogP contribution in [0.1, 0.15) is 25.5 Å². The number of sulfone groups is 1. The molecule has 1 N–H and O–H groups in total. The van der Waals surface area contributed by atoms with Gasteiger partial charge in [0.2, 0.25) is 0 Å².